The maximum atomic E-state index is 11.3. The highest BCUT2D eigenvalue weighted by molar-refractivity contribution is 7.90. The van der Waals surface area contributed by atoms with E-state index >= 15 is 0 Å². The Kier molecular flexibility index (Phi) is 4.06. The molecule has 0 spiro atoms. The standard InChI is InChI=1S/C8H15NO5S/c10-7-4-2-1-3-6(7)9-15(13,14)5-8(11)12/h6-7,9-10H,1-5H2,(H,11,12)/t6-,7-/m0/s1. The predicted molar refractivity (Wildman–Crippen MR) is 52.8 cm³/mol. The molecule has 2 atom stereocenters. The first-order chi connectivity index (χ1) is 6.91. The second kappa shape index (κ2) is 4.91. The Balaban J connectivity index is 2.55. The maximum absolute atomic E-state index is 11.3. The zero-order valence-corrected chi connectivity index (χ0v) is 9.03. The summed E-state index contributed by atoms with van der Waals surface area (Å²) in [6, 6.07) is -0.539. The summed E-state index contributed by atoms with van der Waals surface area (Å²) in [6.45, 7) is 0. The molecule has 15 heavy (non-hydrogen) atoms. The minimum atomic E-state index is -3.82. The fourth-order valence-electron chi connectivity index (χ4n) is 1.68. The highest BCUT2D eigenvalue weighted by Gasteiger charge is 2.28. The third kappa shape index (κ3) is 4.15. The molecular formula is C8H15NO5S. The fourth-order valence-corrected chi connectivity index (χ4v) is 2.83. The van der Waals surface area contributed by atoms with E-state index in [-0.39, 0.29) is 0 Å². The number of aliphatic hydroxyl groups excluding tert-OH is 1. The lowest BCUT2D eigenvalue weighted by Crippen LogP contribution is -2.46. The van der Waals surface area contributed by atoms with Gasteiger partial charge in [0.15, 0.2) is 5.75 Å². The number of hydrogen-bond donors (Lipinski definition) is 3. The highest BCUT2D eigenvalue weighted by Crippen LogP contribution is 2.18. The van der Waals surface area contributed by atoms with E-state index in [0.29, 0.717) is 12.8 Å². The molecule has 0 amide bonds. The largest absolute Gasteiger partial charge is 0.480 e. The van der Waals surface area contributed by atoms with Crippen LogP contribution in [0.2, 0.25) is 0 Å². The number of carbonyl (C=O) groups is 1. The summed E-state index contributed by atoms with van der Waals surface area (Å²) in [5, 5.41) is 17.9. The molecule has 0 unspecified atom stereocenters. The average molecular weight is 237 g/mol. The van der Waals surface area contributed by atoms with Crippen molar-refractivity contribution in [3.63, 3.8) is 0 Å². The first-order valence-electron chi connectivity index (χ1n) is 4.80. The van der Waals surface area contributed by atoms with Crippen LogP contribution in [-0.2, 0) is 14.8 Å². The molecule has 0 saturated heterocycles. The Hall–Kier alpha value is -0.660. The van der Waals surface area contributed by atoms with Crippen molar-refractivity contribution >= 4 is 16.0 Å². The molecule has 0 bridgehead atoms. The van der Waals surface area contributed by atoms with Gasteiger partial charge in [0.05, 0.1) is 6.10 Å². The molecule has 1 saturated carbocycles. The van der Waals surface area contributed by atoms with Gasteiger partial charge in [-0.2, -0.15) is 0 Å². The summed E-state index contributed by atoms with van der Waals surface area (Å²) in [5.74, 6) is -2.34. The van der Waals surface area contributed by atoms with Crippen LogP contribution in [-0.4, -0.2) is 42.5 Å². The molecule has 88 valence electrons. The van der Waals surface area contributed by atoms with E-state index in [2.05, 4.69) is 4.72 Å². The van der Waals surface area contributed by atoms with E-state index < -0.39 is 33.9 Å². The van der Waals surface area contributed by atoms with Crippen LogP contribution in [0.1, 0.15) is 25.7 Å². The van der Waals surface area contributed by atoms with Crippen molar-refractivity contribution in [2.45, 2.75) is 37.8 Å². The third-order valence-corrected chi connectivity index (χ3v) is 3.66. The molecule has 0 radical (unpaired) electrons. The fraction of sp³-hybridized carbons (Fsp3) is 0.875. The molecule has 0 aliphatic heterocycles. The van der Waals surface area contributed by atoms with Gasteiger partial charge in [0.2, 0.25) is 10.0 Å². The molecule has 0 aromatic carbocycles. The Labute approximate surface area is 88.3 Å². The van der Waals surface area contributed by atoms with E-state index in [4.69, 9.17) is 5.11 Å². The van der Waals surface area contributed by atoms with Gasteiger partial charge in [-0.3, -0.25) is 4.79 Å². The number of carboxylic acids is 1. The van der Waals surface area contributed by atoms with Crippen molar-refractivity contribution in [1.29, 1.82) is 0 Å². The Morgan fingerprint density at radius 2 is 1.93 bits per heavy atom. The smallest absolute Gasteiger partial charge is 0.320 e. The maximum Gasteiger partial charge on any atom is 0.320 e. The molecule has 7 heteroatoms. The van der Waals surface area contributed by atoms with Crippen LogP contribution in [0.5, 0.6) is 0 Å². The molecule has 1 aliphatic rings. The second-order valence-corrected chi connectivity index (χ2v) is 5.48. The summed E-state index contributed by atoms with van der Waals surface area (Å²) in [7, 11) is -3.82. The minimum Gasteiger partial charge on any atom is -0.480 e. The number of rotatable bonds is 4. The Bertz CT molecular complexity index is 326. The molecular weight excluding hydrogens is 222 g/mol. The first kappa shape index (κ1) is 12.4. The van der Waals surface area contributed by atoms with Crippen molar-refractivity contribution in [1.82, 2.24) is 4.72 Å². The normalized spacial score (nSPS) is 27.5. The third-order valence-electron chi connectivity index (χ3n) is 2.37. The van der Waals surface area contributed by atoms with Crippen molar-refractivity contribution in [2.24, 2.45) is 0 Å². The van der Waals surface area contributed by atoms with Crippen LogP contribution in [0.15, 0.2) is 0 Å². The van der Waals surface area contributed by atoms with Crippen LogP contribution < -0.4 is 4.72 Å². The molecule has 0 aromatic heterocycles. The number of aliphatic carboxylic acids is 1. The van der Waals surface area contributed by atoms with Gasteiger partial charge in [-0.15, -0.1) is 0 Å². The average Bonchev–Trinajstić information content (AvgIpc) is 2.06. The van der Waals surface area contributed by atoms with E-state index in [1.807, 2.05) is 0 Å². The Morgan fingerprint density at radius 3 is 2.47 bits per heavy atom. The van der Waals surface area contributed by atoms with Crippen LogP contribution in [0, 0.1) is 0 Å². The molecule has 1 aliphatic carbocycles. The monoisotopic (exact) mass is 237 g/mol. The van der Waals surface area contributed by atoms with Gasteiger partial charge < -0.3 is 10.2 Å². The van der Waals surface area contributed by atoms with Crippen molar-refractivity contribution in [2.75, 3.05) is 5.75 Å². The first-order valence-corrected chi connectivity index (χ1v) is 6.46. The lowest BCUT2D eigenvalue weighted by atomic mass is 9.93. The summed E-state index contributed by atoms with van der Waals surface area (Å²) >= 11 is 0. The zero-order valence-electron chi connectivity index (χ0n) is 8.22. The lowest BCUT2D eigenvalue weighted by Gasteiger charge is -2.27. The summed E-state index contributed by atoms with van der Waals surface area (Å²) in [6.07, 6.45) is 2.12. The quantitative estimate of drug-likeness (QED) is 0.599. The zero-order chi connectivity index (χ0) is 11.5. The molecule has 1 fully saturated rings. The van der Waals surface area contributed by atoms with Crippen molar-refractivity contribution < 1.29 is 23.4 Å². The van der Waals surface area contributed by atoms with Crippen LogP contribution >= 0.6 is 0 Å². The summed E-state index contributed by atoms with van der Waals surface area (Å²) in [5.41, 5.74) is 0. The Morgan fingerprint density at radius 1 is 1.33 bits per heavy atom. The van der Waals surface area contributed by atoms with Gasteiger partial charge >= 0.3 is 5.97 Å². The molecule has 6 nitrogen and oxygen atoms in total. The molecule has 0 aromatic rings. The van der Waals surface area contributed by atoms with Gasteiger partial charge in [0, 0.05) is 6.04 Å². The lowest BCUT2D eigenvalue weighted by molar-refractivity contribution is -0.134. The summed E-state index contributed by atoms with van der Waals surface area (Å²) in [4.78, 5) is 10.3. The van der Waals surface area contributed by atoms with Gasteiger partial charge in [-0.05, 0) is 12.8 Å². The molecule has 3 N–H and O–H groups in total. The van der Waals surface area contributed by atoms with Crippen molar-refractivity contribution in [3.05, 3.63) is 0 Å². The minimum absolute atomic E-state index is 0.539. The number of sulfonamides is 1. The van der Waals surface area contributed by atoms with E-state index in [9.17, 15) is 18.3 Å². The van der Waals surface area contributed by atoms with Crippen LogP contribution in [0.3, 0.4) is 0 Å². The predicted octanol–water partition coefficient (Wildman–Crippen LogP) is -0.706. The second-order valence-electron chi connectivity index (χ2n) is 3.73. The molecule has 1 rings (SSSR count). The SMILES string of the molecule is O=C(O)CS(=O)(=O)N[C@H]1CCCC[C@@H]1O. The van der Waals surface area contributed by atoms with Gasteiger partial charge in [-0.25, -0.2) is 13.1 Å². The van der Waals surface area contributed by atoms with Crippen LogP contribution in [0.25, 0.3) is 0 Å². The van der Waals surface area contributed by atoms with Crippen molar-refractivity contribution in [3.8, 4) is 0 Å². The molecule has 0 heterocycles. The van der Waals surface area contributed by atoms with Gasteiger partial charge in [0.1, 0.15) is 0 Å². The van der Waals surface area contributed by atoms with E-state index in [1.165, 1.54) is 0 Å². The number of hydrogen-bond acceptors (Lipinski definition) is 4. The number of nitrogens with one attached hydrogen (secondary N) is 1. The van der Waals surface area contributed by atoms with E-state index in [1.54, 1.807) is 0 Å². The number of aliphatic hydroxyl groups is 1. The van der Waals surface area contributed by atoms with Gasteiger partial charge in [-0.1, -0.05) is 12.8 Å². The van der Waals surface area contributed by atoms with Crippen LogP contribution in [0.4, 0.5) is 0 Å². The number of carboxylic acid groups (broad SMARTS) is 1. The topological polar surface area (TPSA) is 104 Å². The highest BCUT2D eigenvalue weighted by atomic mass is 32.2. The summed E-state index contributed by atoms with van der Waals surface area (Å²) < 4.78 is 24.7. The van der Waals surface area contributed by atoms with E-state index in [0.717, 1.165) is 12.8 Å². The van der Waals surface area contributed by atoms with Gasteiger partial charge in [0.25, 0.3) is 0 Å².